The second-order valence-electron chi connectivity index (χ2n) is 4.98. The Hall–Kier alpha value is -0.910. The van der Waals surface area contributed by atoms with Gasteiger partial charge < -0.3 is 15.1 Å². The summed E-state index contributed by atoms with van der Waals surface area (Å²) in [6, 6.07) is 7.83. The first kappa shape index (κ1) is 14.5. The average molecular weight is 326 g/mol. The Morgan fingerprint density at radius 2 is 2.26 bits per heavy atom. The van der Waals surface area contributed by atoms with Crippen molar-refractivity contribution >= 4 is 21.8 Å². The summed E-state index contributed by atoms with van der Waals surface area (Å²) in [4.78, 5) is 16.9. The minimum Gasteiger partial charge on any atom is -0.332 e. The lowest BCUT2D eigenvalue weighted by atomic mass is 10.1. The molecule has 1 aromatic rings. The van der Waals surface area contributed by atoms with E-state index in [2.05, 4.69) is 33.2 Å². The van der Waals surface area contributed by atoms with E-state index < -0.39 is 0 Å². The van der Waals surface area contributed by atoms with Crippen LogP contribution in [0.15, 0.2) is 28.7 Å². The number of carbonyl (C=O) groups excluding carboxylic acids is 1. The highest BCUT2D eigenvalue weighted by atomic mass is 79.9. The lowest BCUT2D eigenvalue weighted by Gasteiger charge is -2.40. The van der Waals surface area contributed by atoms with E-state index in [0.717, 1.165) is 36.2 Å². The fourth-order valence-electron chi connectivity index (χ4n) is 2.48. The molecule has 0 radical (unpaired) electrons. The number of amides is 1. The first-order valence-corrected chi connectivity index (χ1v) is 7.31. The molecule has 1 aromatic carbocycles. The lowest BCUT2D eigenvalue weighted by molar-refractivity contribution is 0.0504. The number of rotatable bonds is 3. The number of hydrogen-bond acceptors (Lipinski definition) is 3. The summed E-state index contributed by atoms with van der Waals surface area (Å²) in [6.07, 6.45) is 0. The van der Waals surface area contributed by atoms with Crippen LogP contribution in [0.25, 0.3) is 0 Å². The van der Waals surface area contributed by atoms with Crippen molar-refractivity contribution in [3.63, 3.8) is 0 Å². The number of halogens is 1. The Bertz CT molecular complexity index is 452. The zero-order valence-electron chi connectivity index (χ0n) is 11.4. The van der Waals surface area contributed by atoms with Crippen molar-refractivity contribution in [2.75, 3.05) is 40.3 Å². The summed E-state index contributed by atoms with van der Waals surface area (Å²) < 4.78 is 0.942. The summed E-state index contributed by atoms with van der Waals surface area (Å²) >= 11 is 3.42. The molecule has 5 heteroatoms. The third-order valence-corrected chi connectivity index (χ3v) is 3.95. The van der Waals surface area contributed by atoms with Gasteiger partial charge in [-0.05, 0) is 32.3 Å². The van der Waals surface area contributed by atoms with Gasteiger partial charge in [0.2, 0.25) is 0 Å². The van der Waals surface area contributed by atoms with E-state index in [1.54, 1.807) is 0 Å². The molecule has 0 spiro atoms. The lowest BCUT2D eigenvalue weighted by Crippen LogP contribution is -2.57. The van der Waals surface area contributed by atoms with E-state index in [1.807, 2.05) is 36.2 Å². The van der Waals surface area contributed by atoms with Crippen molar-refractivity contribution in [1.29, 1.82) is 0 Å². The van der Waals surface area contributed by atoms with Gasteiger partial charge >= 0.3 is 0 Å². The summed E-state index contributed by atoms with van der Waals surface area (Å²) in [5.74, 6) is 0.120. The molecule has 2 rings (SSSR count). The van der Waals surface area contributed by atoms with Crippen LogP contribution in [0.3, 0.4) is 0 Å². The molecular formula is C14H20BrN3O. The topological polar surface area (TPSA) is 35.6 Å². The molecule has 104 valence electrons. The minimum atomic E-state index is 0.120. The zero-order chi connectivity index (χ0) is 13.8. The van der Waals surface area contributed by atoms with Crippen molar-refractivity contribution < 1.29 is 4.79 Å². The van der Waals surface area contributed by atoms with Crippen LogP contribution in [0.4, 0.5) is 0 Å². The Labute approximate surface area is 122 Å². The molecule has 1 aliphatic heterocycles. The fraction of sp³-hybridized carbons (Fsp3) is 0.500. The Balaban J connectivity index is 2.16. The van der Waals surface area contributed by atoms with Crippen molar-refractivity contribution in [2.45, 2.75) is 6.04 Å². The second kappa shape index (κ2) is 6.50. The molecular weight excluding hydrogens is 306 g/mol. The molecule has 1 amide bonds. The first-order valence-electron chi connectivity index (χ1n) is 6.51. The largest absolute Gasteiger partial charge is 0.332 e. The first-order chi connectivity index (χ1) is 9.11. The number of likely N-dealkylation sites (N-methyl/N-ethyl adjacent to an activating group) is 2. The third kappa shape index (κ3) is 3.55. The van der Waals surface area contributed by atoms with Crippen LogP contribution in [0.2, 0.25) is 0 Å². The van der Waals surface area contributed by atoms with Crippen LogP contribution in [-0.2, 0) is 0 Å². The van der Waals surface area contributed by atoms with Crippen molar-refractivity contribution in [2.24, 2.45) is 0 Å². The van der Waals surface area contributed by atoms with Crippen LogP contribution < -0.4 is 5.32 Å². The molecule has 1 fully saturated rings. The van der Waals surface area contributed by atoms with Crippen molar-refractivity contribution in [3.05, 3.63) is 34.3 Å². The molecule has 0 aliphatic carbocycles. The van der Waals surface area contributed by atoms with Gasteiger partial charge in [-0.2, -0.15) is 0 Å². The third-order valence-electron chi connectivity index (χ3n) is 3.46. The van der Waals surface area contributed by atoms with Gasteiger partial charge in [0.05, 0.1) is 6.04 Å². The van der Waals surface area contributed by atoms with Crippen molar-refractivity contribution in [3.8, 4) is 0 Å². The standard InChI is InChI=1S/C14H20BrN3O/c1-16-9-13-10-17(2)6-7-18(13)14(19)11-4-3-5-12(15)8-11/h3-5,8,13,16H,6-7,9-10H2,1-2H3. The Morgan fingerprint density at radius 1 is 1.47 bits per heavy atom. The molecule has 1 aliphatic rings. The minimum absolute atomic E-state index is 0.120. The summed E-state index contributed by atoms with van der Waals surface area (Å²) in [5, 5.41) is 3.18. The van der Waals surface area contributed by atoms with E-state index in [1.165, 1.54) is 0 Å². The van der Waals surface area contributed by atoms with Crippen LogP contribution in [0.1, 0.15) is 10.4 Å². The monoisotopic (exact) mass is 325 g/mol. The fourth-order valence-corrected chi connectivity index (χ4v) is 2.87. The molecule has 1 atom stereocenters. The Morgan fingerprint density at radius 3 is 2.95 bits per heavy atom. The van der Waals surface area contributed by atoms with E-state index in [4.69, 9.17) is 0 Å². The van der Waals surface area contributed by atoms with E-state index in [-0.39, 0.29) is 11.9 Å². The predicted octanol–water partition coefficient (Wildman–Crippen LogP) is 1.42. The SMILES string of the molecule is CNCC1CN(C)CCN1C(=O)c1cccc(Br)c1. The van der Waals surface area contributed by atoms with Gasteiger partial charge in [-0.1, -0.05) is 22.0 Å². The highest BCUT2D eigenvalue weighted by Crippen LogP contribution is 2.16. The van der Waals surface area contributed by atoms with Gasteiger partial charge in [-0.3, -0.25) is 4.79 Å². The highest BCUT2D eigenvalue weighted by molar-refractivity contribution is 9.10. The maximum atomic E-state index is 12.6. The molecule has 0 saturated carbocycles. The molecule has 1 saturated heterocycles. The van der Waals surface area contributed by atoms with E-state index in [9.17, 15) is 4.79 Å². The quantitative estimate of drug-likeness (QED) is 0.913. The predicted molar refractivity (Wildman–Crippen MR) is 80.4 cm³/mol. The Kier molecular flexibility index (Phi) is 4.96. The van der Waals surface area contributed by atoms with Gasteiger partial charge in [0.15, 0.2) is 0 Å². The van der Waals surface area contributed by atoms with Crippen LogP contribution >= 0.6 is 15.9 Å². The molecule has 1 unspecified atom stereocenters. The van der Waals surface area contributed by atoms with Gasteiger partial charge in [0, 0.05) is 36.2 Å². The summed E-state index contributed by atoms with van der Waals surface area (Å²) in [6.45, 7) is 3.46. The van der Waals surface area contributed by atoms with Crippen LogP contribution in [0.5, 0.6) is 0 Å². The van der Waals surface area contributed by atoms with Crippen LogP contribution in [0, 0.1) is 0 Å². The number of piperazine rings is 1. The van der Waals surface area contributed by atoms with E-state index in [0.29, 0.717) is 0 Å². The highest BCUT2D eigenvalue weighted by Gasteiger charge is 2.29. The van der Waals surface area contributed by atoms with Crippen molar-refractivity contribution in [1.82, 2.24) is 15.1 Å². The maximum Gasteiger partial charge on any atom is 0.254 e. The van der Waals surface area contributed by atoms with Crippen LogP contribution in [-0.4, -0.2) is 62.0 Å². The van der Waals surface area contributed by atoms with E-state index >= 15 is 0 Å². The number of nitrogens with one attached hydrogen (secondary N) is 1. The van der Waals surface area contributed by atoms with Gasteiger partial charge in [-0.15, -0.1) is 0 Å². The van der Waals surface area contributed by atoms with Gasteiger partial charge in [0.1, 0.15) is 0 Å². The molecule has 0 bridgehead atoms. The second-order valence-corrected chi connectivity index (χ2v) is 5.90. The molecule has 1 heterocycles. The average Bonchev–Trinajstić information content (AvgIpc) is 2.39. The summed E-state index contributed by atoms with van der Waals surface area (Å²) in [5.41, 5.74) is 0.750. The number of carbonyl (C=O) groups is 1. The molecule has 19 heavy (non-hydrogen) atoms. The smallest absolute Gasteiger partial charge is 0.254 e. The molecule has 1 N–H and O–H groups in total. The number of hydrogen-bond donors (Lipinski definition) is 1. The van der Waals surface area contributed by atoms with Gasteiger partial charge in [-0.25, -0.2) is 0 Å². The van der Waals surface area contributed by atoms with Gasteiger partial charge in [0.25, 0.3) is 5.91 Å². The number of benzene rings is 1. The zero-order valence-corrected chi connectivity index (χ0v) is 13.0. The molecule has 4 nitrogen and oxygen atoms in total. The normalized spacial score (nSPS) is 20.6. The molecule has 0 aromatic heterocycles. The summed E-state index contributed by atoms with van der Waals surface area (Å²) in [7, 11) is 4.03. The number of nitrogens with zero attached hydrogens (tertiary/aromatic N) is 2. The maximum absolute atomic E-state index is 12.6.